The average molecular weight is 602 g/mol. The van der Waals surface area contributed by atoms with Crippen molar-refractivity contribution in [1.29, 1.82) is 0 Å². The number of likely N-dealkylation sites (tertiary alicyclic amines) is 1. The number of hydrogen-bond donors (Lipinski definition) is 2. The summed E-state index contributed by atoms with van der Waals surface area (Å²) in [6.07, 6.45) is 3.56. The van der Waals surface area contributed by atoms with Crippen LogP contribution in [0.3, 0.4) is 0 Å². The number of hydrogen-bond acceptors (Lipinski definition) is 8. The number of aliphatic hydroxyl groups excluding tert-OH is 1. The Bertz CT molecular complexity index is 1380. The maximum absolute atomic E-state index is 15.3. The number of rotatable bonds is 8. The zero-order chi connectivity index (χ0) is 30.9. The first-order chi connectivity index (χ1) is 19.6. The monoisotopic (exact) mass is 601 g/mol. The number of amides is 2. The van der Waals surface area contributed by atoms with Crippen molar-refractivity contribution in [2.24, 2.45) is 10.3 Å². The second-order valence-corrected chi connectivity index (χ2v) is 15.1. The Hall–Kier alpha value is -3.05. The smallest absolute Gasteiger partial charge is 0.411 e. The van der Waals surface area contributed by atoms with Gasteiger partial charge in [-0.25, -0.2) is 9.18 Å². The van der Waals surface area contributed by atoms with Gasteiger partial charge in [0.1, 0.15) is 23.0 Å². The second-order valence-electron chi connectivity index (χ2n) is 13.2. The molecule has 42 heavy (non-hydrogen) atoms. The van der Waals surface area contributed by atoms with Gasteiger partial charge in [0, 0.05) is 12.6 Å². The highest BCUT2D eigenvalue weighted by Crippen LogP contribution is 2.44. The Morgan fingerprint density at radius 1 is 1.17 bits per heavy atom. The fourth-order valence-electron chi connectivity index (χ4n) is 4.95. The molecule has 2 fully saturated rings. The van der Waals surface area contributed by atoms with Crippen molar-refractivity contribution in [3.05, 3.63) is 59.7 Å². The molecule has 2 heterocycles. The first-order valence-corrected chi connectivity index (χ1v) is 15.5. The highest BCUT2D eigenvalue weighted by molar-refractivity contribution is 7.76. The molecule has 230 valence electrons. The fourth-order valence-corrected chi connectivity index (χ4v) is 5.80. The summed E-state index contributed by atoms with van der Waals surface area (Å²) in [5, 5.41) is 12.9. The van der Waals surface area contributed by atoms with Gasteiger partial charge in [0.05, 0.1) is 24.0 Å². The van der Waals surface area contributed by atoms with Gasteiger partial charge in [0.2, 0.25) is 5.91 Å². The maximum atomic E-state index is 15.3. The summed E-state index contributed by atoms with van der Waals surface area (Å²) in [5.74, 6) is -0.785. The van der Waals surface area contributed by atoms with Gasteiger partial charge in [-0.1, -0.05) is 50.5 Å². The number of pyridine rings is 1. The molecule has 3 atom stereocenters. The molecule has 1 aromatic heterocycles. The quantitative estimate of drug-likeness (QED) is 0.363. The van der Waals surface area contributed by atoms with Gasteiger partial charge < -0.3 is 23.7 Å². The molecule has 11 heteroatoms. The number of aliphatic hydroxyl groups is 1. The third-order valence-corrected chi connectivity index (χ3v) is 8.90. The van der Waals surface area contributed by atoms with E-state index in [4.69, 9.17) is 9.10 Å². The van der Waals surface area contributed by atoms with Crippen LogP contribution in [-0.4, -0.2) is 56.0 Å². The van der Waals surface area contributed by atoms with Gasteiger partial charge in [-0.05, 0) is 69.4 Å². The normalized spacial score (nSPS) is 21.6. The molecule has 1 saturated carbocycles. The van der Waals surface area contributed by atoms with Crippen LogP contribution in [0.4, 0.5) is 14.9 Å². The van der Waals surface area contributed by atoms with Crippen LogP contribution in [0.2, 0.25) is 0 Å². The minimum atomic E-state index is -1.63. The van der Waals surface area contributed by atoms with E-state index in [0.29, 0.717) is 23.6 Å². The van der Waals surface area contributed by atoms with Crippen molar-refractivity contribution in [3.8, 4) is 0 Å². The molecule has 9 nitrogen and oxygen atoms in total. The van der Waals surface area contributed by atoms with E-state index in [2.05, 4.69) is 10.3 Å². The van der Waals surface area contributed by atoms with E-state index < -0.39 is 56.4 Å². The lowest BCUT2D eigenvalue weighted by molar-refractivity contribution is -0.120. The number of anilines is 1. The minimum absolute atomic E-state index is 0.00839. The Kier molecular flexibility index (Phi) is 9.32. The lowest BCUT2D eigenvalue weighted by Crippen LogP contribution is -2.45. The van der Waals surface area contributed by atoms with E-state index >= 15 is 4.39 Å². The summed E-state index contributed by atoms with van der Waals surface area (Å²) in [7, 11) is -1.63. The van der Waals surface area contributed by atoms with Crippen molar-refractivity contribution in [3.63, 3.8) is 0 Å². The predicted octanol–water partition coefficient (Wildman–Crippen LogP) is 5.91. The molecule has 0 bridgehead atoms. The van der Waals surface area contributed by atoms with Crippen molar-refractivity contribution >= 4 is 28.3 Å². The maximum Gasteiger partial charge on any atom is 0.411 e. The molecular formula is C31H42FN4O5S-. The van der Waals surface area contributed by atoms with Crippen LogP contribution in [0.1, 0.15) is 84.9 Å². The van der Waals surface area contributed by atoms with E-state index in [1.807, 2.05) is 32.9 Å². The zero-order valence-electron chi connectivity index (χ0n) is 25.2. The van der Waals surface area contributed by atoms with Crippen LogP contribution in [-0.2, 0) is 29.9 Å². The van der Waals surface area contributed by atoms with Gasteiger partial charge in [0.25, 0.3) is 0 Å². The standard InChI is InChI=1S/C31H42FN4O5S/c1-29(2,3)41-28(39)36-19-22(37)18-25(36)27(38)34-24-17-21(12-13-23(24)32)31(15-14-20-10-11-20,26-9-7-8-16-33-26)35-42(40)30(4,5)6/h7-9,12-13,16-17,20,22,25,37H,10-11,14-15,18-19H2,1-6H3,(H,34,38)/q-1/t22-,25-,31?/m1/s1. The molecule has 4 rings (SSSR count). The lowest BCUT2D eigenvalue weighted by atomic mass is 9.82. The molecule has 2 aliphatic rings. The molecular weight excluding hydrogens is 559 g/mol. The van der Waals surface area contributed by atoms with Crippen LogP contribution >= 0.6 is 0 Å². The number of aromatic nitrogens is 1. The largest absolute Gasteiger partial charge is 0.444 e. The summed E-state index contributed by atoms with van der Waals surface area (Å²) < 4.78 is 38.5. The van der Waals surface area contributed by atoms with Gasteiger partial charge in [0.15, 0.2) is 0 Å². The Morgan fingerprint density at radius 3 is 2.48 bits per heavy atom. The zero-order valence-corrected chi connectivity index (χ0v) is 26.0. The molecule has 1 unspecified atom stereocenters. The molecule has 2 aromatic rings. The Labute approximate surface area is 249 Å². The van der Waals surface area contributed by atoms with Crippen molar-refractivity contribution in [1.82, 2.24) is 9.88 Å². The minimum Gasteiger partial charge on any atom is -0.444 e. The highest BCUT2D eigenvalue weighted by atomic mass is 32.2. The molecule has 2 amide bonds. The van der Waals surface area contributed by atoms with Gasteiger partial charge in [-0.3, -0.25) is 14.7 Å². The number of β-amino-alcohol motifs (C(OH)–C–C–N with tert-alkyl or cyclic N) is 1. The third-order valence-electron chi connectivity index (χ3n) is 7.37. The highest BCUT2D eigenvalue weighted by Gasteiger charge is 2.42. The topological polar surface area (TPSA) is 121 Å². The molecule has 1 saturated heterocycles. The molecule has 1 aromatic carbocycles. The van der Waals surface area contributed by atoms with E-state index in [1.165, 1.54) is 17.0 Å². The van der Waals surface area contributed by atoms with Crippen molar-refractivity contribution in [2.45, 2.75) is 102 Å². The number of nitrogens with one attached hydrogen (secondary N) is 1. The predicted molar refractivity (Wildman–Crippen MR) is 160 cm³/mol. The summed E-state index contributed by atoms with van der Waals surface area (Å²) in [6.45, 7) is 10.6. The van der Waals surface area contributed by atoms with Crippen LogP contribution in [0.15, 0.2) is 47.0 Å². The third kappa shape index (κ3) is 7.66. The SMILES string of the molecule is CC(C)(C)OC(=O)N1C[C@H](O)C[C@@H]1C(=O)Nc1cc(C(CCC2CC2)(N=[S-](=O)C(C)(C)C)c2ccccn2)ccc1F. The second kappa shape index (κ2) is 12.3. The van der Waals surface area contributed by atoms with E-state index in [-0.39, 0.29) is 18.7 Å². The number of ether oxygens (including phenoxy) is 1. The van der Waals surface area contributed by atoms with Crippen LogP contribution in [0.25, 0.3) is 0 Å². The van der Waals surface area contributed by atoms with Crippen LogP contribution < -0.4 is 5.32 Å². The van der Waals surface area contributed by atoms with Gasteiger partial charge in [-0.2, -0.15) is 10.6 Å². The average Bonchev–Trinajstić information content (AvgIpc) is 3.65. The number of halogens is 1. The summed E-state index contributed by atoms with van der Waals surface area (Å²) in [6, 6.07) is 8.78. The number of carbonyl (C=O) groups excluding carboxylic acids is 2. The van der Waals surface area contributed by atoms with E-state index in [1.54, 1.807) is 39.1 Å². The molecule has 0 radical (unpaired) electrons. The Morgan fingerprint density at radius 2 is 1.88 bits per heavy atom. The Balaban J connectivity index is 1.74. The molecule has 1 aliphatic carbocycles. The van der Waals surface area contributed by atoms with Gasteiger partial charge >= 0.3 is 6.09 Å². The summed E-state index contributed by atoms with van der Waals surface area (Å²) in [5.41, 5.74) is -0.917. The van der Waals surface area contributed by atoms with E-state index in [9.17, 15) is 18.9 Å². The molecule has 0 spiro atoms. The first-order valence-electron chi connectivity index (χ1n) is 14.4. The number of benzene rings is 1. The number of nitrogens with zero attached hydrogens (tertiary/aromatic N) is 3. The van der Waals surface area contributed by atoms with Gasteiger partial charge in [-0.15, -0.1) is 0 Å². The summed E-state index contributed by atoms with van der Waals surface area (Å²) >= 11 is 0. The molecule has 2 N–H and O–H groups in total. The van der Waals surface area contributed by atoms with Crippen molar-refractivity contribution in [2.75, 3.05) is 11.9 Å². The van der Waals surface area contributed by atoms with Crippen LogP contribution in [0.5, 0.6) is 0 Å². The lowest BCUT2D eigenvalue weighted by Gasteiger charge is -2.36. The van der Waals surface area contributed by atoms with Crippen molar-refractivity contribution < 1.29 is 28.0 Å². The summed E-state index contributed by atoms with van der Waals surface area (Å²) in [4.78, 5) is 32.0. The fraction of sp³-hybridized carbons (Fsp3) is 0.581. The van der Waals surface area contributed by atoms with E-state index in [0.717, 1.165) is 19.3 Å². The van der Waals surface area contributed by atoms with Crippen LogP contribution in [0, 0.1) is 11.7 Å². The first kappa shape index (κ1) is 31.9. The molecule has 1 aliphatic heterocycles. The number of carbonyl (C=O) groups is 2.